The molecule has 4 unspecified atom stereocenters. The molecule has 2 nitrogen and oxygen atoms in total. The Bertz CT molecular complexity index is 403. The van der Waals surface area contributed by atoms with E-state index in [2.05, 4.69) is 68.2 Å². The molecule has 0 spiro atoms. The third-order valence-corrected chi connectivity index (χ3v) is 5.26. The van der Waals surface area contributed by atoms with Gasteiger partial charge in [-0.3, -0.25) is 4.90 Å². The van der Waals surface area contributed by atoms with Gasteiger partial charge in [0.2, 0.25) is 0 Å². The highest BCUT2D eigenvalue weighted by Gasteiger charge is 2.32. The number of nitrogens with zero attached hydrogens (tertiary/aromatic N) is 1. The molecule has 0 aromatic heterocycles. The normalized spacial score (nSPS) is 26.5. The van der Waals surface area contributed by atoms with E-state index < -0.39 is 0 Å². The molecule has 1 fully saturated rings. The summed E-state index contributed by atoms with van der Waals surface area (Å²) in [6.07, 6.45) is 3.65. The van der Waals surface area contributed by atoms with E-state index in [0.29, 0.717) is 18.1 Å². The molecule has 2 heteroatoms. The van der Waals surface area contributed by atoms with Gasteiger partial charge in [0.1, 0.15) is 0 Å². The first-order valence-corrected chi connectivity index (χ1v) is 8.68. The molecular weight excluding hydrogens is 256 g/mol. The van der Waals surface area contributed by atoms with Crippen LogP contribution >= 0.6 is 0 Å². The zero-order valence-corrected chi connectivity index (χ0v) is 14.2. The molecule has 118 valence electrons. The van der Waals surface area contributed by atoms with Gasteiger partial charge in [-0.15, -0.1) is 0 Å². The monoisotopic (exact) mass is 288 g/mol. The summed E-state index contributed by atoms with van der Waals surface area (Å²) in [7, 11) is 0. The van der Waals surface area contributed by atoms with Crippen molar-refractivity contribution in [1.29, 1.82) is 0 Å². The van der Waals surface area contributed by atoms with Crippen molar-refractivity contribution in [2.45, 2.75) is 65.1 Å². The number of benzene rings is 1. The Labute approximate surface area is 130 Å². The van der Waals surface area contributed by atoms with Crippen molar-refractivity contribution in [3.63, 3.8) is 0 Å². The van der Waals surface area contributed by atoms with Gasteiger partial charge in [-0.1, -0.05) is 57.5 Å². The lowest BCUT2D eigenvalue weighted by Gasteiger charge is -2.46. The van der Waals surface area contributed by atoms with E-state index >= 15 is 0 Å². The SMILES string of the molecule is CCC(C)C1CNC(Cc2ccccc2)CN1C(C)CC. The first kappa shape index (κ1) is 16.5. The molecule has 0 saturated carbocycles. The van der Waals surface area contributed by atoms with E-state index in [4.69, 9.17) is 0 Å². The maximum atomic E-state index is 3.80. The Morgan fingerprint density at radius 1 is 1.14 bits per heavy atom. The molecule has 1 aromatic rings. The lowest BCUT2D eigenvalue weighted by molar-refractivity contribution is 0.0551. The predicted octanol–water partition coefficient (Wildman–Crippen LogP) is 3.72. The maximum absolute atomic E-state index is 3.80. The minimum Gasteiger partial charge on any atom is -0.311 e. The quantitative estimate of drug-likeness (QED) is 0.858. The second-order valence-corrected chi connectivity index (χ2v) is 6.70. The van der Waals surface area contributed by atoms with E-state index in [9.17, 15) is 0 Å². The fourth-order valence-corrected chi connectivity index (χ4v) is 3.44. The van der Waals surface area contributed by atoms with E-state index in [-0.39, 0.29) is 0 Å². The predicted molar refractivity (Wildman–Crippen MR) is 91.6 cm³/mol. The van der Waals surface area contributed by atoms with Gasteiger partial charge >= 0.3 is 0 Å². The third-order valence-electron chi connectivity index (χ3n) is 5.26. The van der Waals surface area contributed by atoms with Crippen LogP contribution in [-0.4, -0.2) is 36.1 Å². The largest absolute Gasteiger partial charge is 0.311 e. The molecule has 1 heterocycles. The topological polar surface area (TPSA) is 15.3 Å². The van der Waals surface area contributed by atoms with E-state index in [0.717, 1.165) is 18.9 Å². The highest BCUT2D eigenvalue weighted by molar-refractivity contribution is 5.16. The summed E-state index contributed by atoms with van der Waals surface area (Å²) >= 11 is 0. The molecule has 1 aliphatic heterocycles. The van der Waals surface area contributed by atoms with Crippen LogP contribution in [0.1, 0.15) is 46.1 Å². The van der Waals surface area contributed by atoms with Crippen LogP contribution in [0.2, 0.25) is 0 Å². The summed E-state index contributed by atoms with van der Waals surface area (Å²) in [6.45, 7) is 11.7. The molecule has 0 aliphatic carbocycles. The number of hydrogen-bond donors (Lipinski definition) is 1. The Hall–Kier alpha value is -0.860. The molecule has 1 aliphatic rings. The van der Waals surface area contributed by atoms with Gasteiger partial charge in [0.15, 0.2) is 0 Å². The van der Waals surface area contributed by atoms with Crippen LogP contribution < -0.4 is 5.32 Å². The van der Waals surface area contributed by atoms with Crippen molar-refractivity contribution in [2.75, 3.05) is 13.1 Å². The highest BCUT2D eigenvalue weighted by atomic mass is 15.3. The van der Waals surface area contributed by atoms with E-state index in [1.165, 1.54) is 24.9 Å². The second kappa shape index (κ2) is 7.95. The molecule has 1 aromatic carbocycles. The Morgan fingerprint density at radius 3 is 2.48 bits per heavy atom. The molecule has 0 radical (unpaired) electrons. The van der Waals surface area contributed by atoms with E-state index in [1.54, 1.807) is 0 Å². The molecule has 0 amide bonds. The van der Waals surface area contributed by atoms with Crippen LogP contribution in [0.5, 0.6) is 0 Å². The van der Waals surface area contributed by atoms with Crippen molar-refractivity contribution in [3.8, 4) is 0 Å². The molecule has 21 heavy (non-hydrogen) atoms. The van der Waals surface area contributed by atoms with Crippen LogP contribution in [0, 0.1) is 5.92 Å². The fraction of sp³-hybridized carbons (Fsp3) is 0.684. The smallest absolute Gasteiger partial charge is 0.0249 e. The number of hydrogen-bond acceptors (Lipinski definition) is 2. The van der Waals surface area contributed by atoms with Gasteiger partial charge in [-0.05, 0) is 31.2 Å². The number of nitrogens with one attached hydrogen (secondary N) is 1. The number of piperazine rings is 1. The van der Waals surface area contributed by atoms with Crippen LogP contribution in [0.25, 0.3) is 0 Å². The maximum Gasteiger partial charge on any atom is 0.0249 e. The third kappa shape index (κ3) is 4.31. The molecule has 1 saturated heterocycles. The first-order valence-electron chi connectivity index (χ1n) is 8.68. The Morgan fingerprint density at radius 2 is 1.86 bits per heavy atom. The van der Waals surface area contributed by atoms with Gasteiger partial charge in [0.25, 0.3) is 0 Å². The Kier molecular flexibility index (Phi) is 6.25. The van der Waals surface area contributed by atoms with Gasteiger partial charge in [0.05, 0.1) is 0 Å². The average molecular weight is 288 g/mol. The zero-order valence-electron chi connectivity index (χ0n) is 14.2. The van der Waals surface area contributed by atoms with Gasteiger partial charge < -0.3 is 5.32 Å². The fourth-order valence-electron chi connectivity index (χ4n) is 3.44. The van der Waals surface area contributed by atoms with Crippen molar-refractivity contribution < 1.29 is 0 Å². The zero-order chi connectivity index (χ0) is 15.2. The lowest BCUT2D eigenvalue weighted by atomic mass is 9.91. The molecule has 0 bridgehead atoms. The van der Waals surface area contributed by atoms with E-state index in [1.807, 2.05) is 0 Å². The van der Waals surface area contributed by atoms with Crippen LogP contribution in [-0.2, 0) is 6.42 Å². The highest BCUT2D eigenvalue weighted by Crippen LogP contribution is 2.22. The van der Waals surface area contributed by atoms with Gasteiger partial charge in [-0.2, -0.15) is 0 Å². The van der Waals surface area contributed by atoms with Crippen molar-refractivity contribution in [1.82, 2.24) is 10.2 Å². The van der Waals surface area contributed by atoms with Crippen molar-refractivity contribution in [3.05, 3.63) is 35.9 Å². The summed E-state index contributed by atoms with van der Waals surface area (Å²) < 4.78 is 0. The van der Waals surface area contributed by atoms with Gasteiger partial charge in [0, 0.05) is 31.2 Å². The first-order chi connectivity index (χ1) is 10.2. The van der Waals surface area contributed by atoms with Crippen molar-refractivity contribution in [2.24, 2.45) is 5.92 Å². The van der Waals surface area contributed by atoms with Crippen LogP contribution in [0.15, 0.2) is 30.3 Å². The Balaban J connectivity index is 2.02. The molecule has 1 N–H and O–H groups in total. The minimum atomic E-state index is 0.585. The average Bonchev–Trinajstić information content (AvgIpc) is 2.54. The summed E-state index contributed by atoms with van der Waals surface area (Å²) in [4.78, 5) is 2.76. The number of rotatable bonds is 6. The summed E-state index contributed by atoms with van der Waals surface area (Å²) in [5.41, 5.74) is 1.45. The van der Waals surface area contributed by atoms with Crippen LogP contribution in [0.4, 0.5) is 0 Å². The second-order valence-electron chi connectivity index (χ2n) is 6.70. The minimum absolute atomic E-state index is 0.585. The summed E-state index contributed by atoms with van der Waals surface area (Å²) in [6, 6.07) is 12.8. The summed E-state index contributed by atoms with van der Waals surface area (Å²) in [5.74, 6) is 0.768. The van der Waals surface area contributed by atoms with Crippen LogP contribution in [0.3, 0.4) is 0 Å². The lowest BCUT2D eigenvalue weighted by Crippen LogP contribution is -2.61. The molecule has 2 rings (SSSR count). The molecular formula is C19H32N2. The summed E-state index contributed by atoms with van der Waals surface area (Å²) in [5, 5.41) is 3.80. The standard InChI is InChI=1S/C19H32N2/c1-5-15(3)19-13-20-18(14-21(19)16(4)6-2)12-17-10-8-7-9-11-17/h7-11,15-16,18-20H,5-6,12-14H2,1-4H3. The van der Waals surface area contributed by atoms with Crippen molar-refractivity contribution >= 4 is 0 Å². The molecule has 4 atom stereocenters. The van der Waals surface area contributed by atoms with Gasteiger partial charge in [-0.25, -0.2) is 0 Å².